The summed E-state index contributed by atoms with van der Waals surface area (Å²) < 4.78 is 2.30. The van der Waals surface area contributed by atoms with Crippen LogP contribution in [0, 0.1) is 0 Å². The first kappa shape index (κ1) is 13.6. The lowest BCUT2D eigenvalue weighted by molar-refractivity contribution is -0.116. The van der Waals surface area contributed by atoms with Crippen LogP contribution in [-0.2, 0) is 11.3 Å². The molecule has 2 aromatic carbocycles. The van der Waals surface area contributed by atoms with Crippen molar-refractivity contribution in [3.8, 4) is 0 Å². The first-order valence-corrected chi connectivity index (χ1v) is 7.16. The maximum atomic E-state index is 12.1. The van der Waals surface area contributed by atoms with E-state index in [9.17, 15) is 9.59 Å². The summed E-state index contributed by atoms with van der Waals surface area (Å²) in [5, 5.41) is 2.77. The van der Waals surface area contributed by atoms with E-state index in [2.05, 4.69) is 26.2 Å². The van der Waals surface area contributed by atoms with Crippen LogP contribution in [0.2, 0.25) is 0 Å². The lowest BCUT2D eigenvalue weighted by atomic mass is 10.3. The van der Waals surface area contributed by atoms with Gasteiger partial charge in [-0.1, -0.05) is 34.1 Å². The van der Waals surface area contributed by atoms with Gasteiger partial charge in [-0.05, 0) is 30.3 Å². The van der Waals surface area contributed by atoms with Crippen molar-refractivity contribution in [2.45, 2.75) is 6.54 Å². The van der Waals surface area contributed by atoms with E-state index in [1.54, 1.807) is 24.3 Å². The zero-order valence-electron chi connectivity index (χ0n) is 11.0. The molecule has 3 aromatic rings. The molecular formula is C15H12BrN3O2. The van der Waals surface area contributed by atoms with Crippen molar-refractivity contribution in [1.82, 2.24) is 9.55 Å². The molecule has 0 saturated carbocycles. The van der Waals surface area contributed by atoms with E-state index in [-0.39, 0.29) is 18.1 Å². The zero-order valence-corrected chi connectivity index (χ0v) is 12.6. The molecule has 1 amide bonds. The Kier molecular flexibility index (Phi) is 3.62. The highest BCUT2D eigenvalue weighted by Crippen LogP contribution is 2.16. The number of rotatable bonds is 3. The summed E-state index contributed by atoms with van der Waals surface area (Å²) in [7, 11) is 0. The highest BCUT2D eigenvalue weighted by molar-refractivity contribution is 9.10. The van der Waals surface area contributed by atoms with Gasteiger partial charge in [0.05, 0.1) is 11.0 Å². The van der Waals surface area contributed by atoms with Crippen LogP contribution in [0.3, 0.4) is 0 Å². The Balaban J connectivity index is 1.84. The number of carbonyl (C=O) groups excluding carboxylic acids is 1. The summed E-state index contributed by atoms with van der Waals surface area (Å²) in [4.78, 5) is 26.7. The maximum absolute atomic E-state index is 12.1. The Hall–Kier alpha value is -2.34. The number of H-pyrrole nitrogens is 1. The van der Waals surface area contributed by atoms with Crippen LogP contribution in [0.4, 0.5) is 5.69 Å². The van der Waals surface area contributed by atoms with Gasteiger partial charge in [-0.15, -0.1) is 0 Å². The fraction of sp³-hybridized carbons (Fsp3) is 0.0667. The van der Waals surface area contributed by atoms with Gasteiger partial charge < -0.3 is 10.3 Å². The van der Waals surface area contributed by atoms with Gasteiger partial charge in [-0.3, -0.25) is 9.36 Å². The molecule has 106 valence electrons. The molecule has 0 aliphatic rings. The predicted molar refractivity (Wildman–Crippen MR) is 85.3 cm³/mol. The molecule has 0 saturated heterocycles. The number of fused-ring (bicyclic) bond motifs is 1. The quantitative estimate of drug-likeness (QED) is 0.766. The molecule has 0 aliphatic heterocycles. The number of para-hydroxylation sites is 2. The minimum Gasteiger partial charge on any atom is -0.324 e. The lowest BCUT2D eigenvalue weighted by Gasteiger charge is -2.06. The summed E-state index contributed by atoms with van der Waals surface area (Å²) >= 11 is 3.35. The third-order valence-electron chi connectivity index (χ3n) is 3.09. The van der Waals surface area contributed by atoms with Crippen LogP contribution < -0.4 is 11.0 Å². The number of imidazole rings is 1. The fourth-order valence-corrected chi connectivity index (χ4v) is 2.57. The number of halogens is 1. The molecule has 0 spiro atoms. The number of anilines is 1. The van der Waals surface area contributed by atoms with Crippen molar-refractivity contribution in [1.29, 1.82) is 0 Å². The van der Waals surface area contributed by atoms with Gasteiger partial charge in [-0.2, -0.15) is 0 Å². The molecular weight excluding hydrogens is 334 g/mol. The molecule has 2 N–H and O–H groups in total. The number of nitrogens with one attached hydrogen (secondary N) is 2. The van der Waals surface area contributed by atoms with Crippen molar-refractivity contribution < 1.29 is 4.79 Å². The summed E-state index contributed by atoms with van der Waals surface area (Å²) in [6.07, 6.45) is 0. The van der Waals surface area contributed by atoms with Crippen molar-refractivity contribution in [2.24, 2.45) is 0 Å². The van der Waals surface area contributed by atoms with Gasteiger partial charge in [-0.25, -0.2) is 4.79 Å². The molecule has 5 nitrogen and oxygen atoms in total. The van der Waals surface area contributed by atoms with E-state index in [0.29, 0.717) is 11.2 Å². The van der Waals surface area contributed by atoms with E-state index in [4.69, 9.17) is 0 Å². The average Bonchev–Trinajstić information content (AvgIpc) is 2.75. The number of hydrogen-bond acceptors (Lipinski definition) is 2. The highest BCUT2D eigenvalue weighted by atomic mass is 79.9. The molecule has 0 atom stereocenters. The van der Waals surface area contributed by atoms with Crippen LogP contribution >= 0.6 is 15.9 Å². The smallest absolute Gasteiger partial charge is 0.324 e. The maximum Gasteiger partial charge on any atom is 0.326 e. The molecule has 21 heavy (non-hydrogen) atoms. The Morgan fingerprint density at radius 3 is 2.81 bits per heavy atom. The second kappa shape index (κ2) is 5.57. The molecule has 0 radical (unpaired) electrons. The van der Waals surface area contributed by atoms with Crippen molar-refractivity contribution >= 4 is 38.6 Å². The monoisotopic (exact) mass is 345 g/mol. The molecule has 3 rings (SSSR count). The fourth-order valence-electron chi connectivity index (χ4n) is 2.17. The van der Waals surface area contributed by atoms with Crippen LogP contribution in [0.1, 0.15) is 0 Å². The zero-order chi connectivity index (χ0) is 14.8. The standard InChI is InChI=1S/C15H12BrN3O2/c16-10-4-3-5-11(8-10)17-14(20)9-19-13-7-2-1-6-12(13)18-15(19)21/h1-8H,9H2,(H,17,20)(H,18,21). The molecule has 1 heterocycles. The number of benzene rings is 2. The largest absolute Gasteiger partial charge is 0.326 e. The molecule has 6 heteroatoms. The Morgan fingerprint density at radius 2 is 2.00 bits per heavy atom. The summed E-state index contributed by atoms with van der Waals surface area (Å²) in [5.74, 6) is -0.250. The number of hydrogen-bond donors (Lipinski definition) is 2. The predicted octanol–water partition coefficient (Wildman–Crippen LogP) is 2.73. The average molecular weight is 346 g/mol. The summed E-state index contributed by atoms with van der Waals surface area (Å²) in [6.45, 7) is -0.0324. The number of carbonyl (C=O) groups is 1. The van der Waals surface area contributed by atoms with Gasteiger partial charge in [0.25, 0.3) is 0 Å². The first-order chi connectivity index (χ1) is 10.1. The Morgan fingerprint density at radius 1 is 1.19 bits per heavy atom. The van der Waals surface area contributed by atoms with Crippen LogP contribution in [0.25, 0.3) is 11.0 Å². The second-order valence-corrected chi connectivity index (χ2v) is 5.51. The SMILES string of the molecule is O=C(Cn1c(=O)[nH]c2ccccc21)Nc1cccc(Br)c1. The van der Waals surface area contributed by atoms with Gasteiger partial charge >= 0.3 is 5.69 Å². The number of amides is 1. The highest BCUT2D eigenvalue weighted by Gasteiger charge is 2.10. The van der Waals surface area contributed by atoms with E-state index in [1.165, 1.54) is 4.57 Å². The summed E-state index contributed by atoms with van der Waals surface area (Å²) in [6, 6.07) is 14.6. The van der Waals surface area contributed by atoms with E-state index >= 15 is 0 Å². The molecule has 0 fully saturated rings. The topological polar surface area (TPSA) is 66.9 Å². The van der Waals surface area contributed by atoms with Crippen molar-refractivity contribution in [3.05, 3.63) is 63.5 Å². The third-order valence-corrected chi connectivity index (χ3v) is 3.58. The van der Waals surface area contributed by atoms with E-state index < -0.39 is 0 Å². The van der Waals surface area contributed by atoms with E-state index in [0.717, 1.165) is 9.99 Å². The van der Waals surface area contributed by atoms with Gasteiger partial charge in [0, 0.05) is 10.2 Å². The van der Waals surface area contributed by atoms with Crippen LogP contribution in [0.5, 0.6) is 0 Å². The molecule has 0 aliphatic carbocycles. The van der Waals surface area contributed by atoms with Gasteiger partial charge in [0.1, 0.15) is 6.54 Å². The molecule has 0 unspecified atom stereocenters. The first-order valence-electron chi connectivity index (χ1n) is 6.36. The molecule has 1 aromatic heterocycles. The van der Waals surface area contributed by atoms with Crippen molar-refractivity contribution in [3.63, 3.8) is 0 Å². The minimum absolute atomic E-state index is 0.0324. The third kappa shape index (κ3) is 2.90. The summed E-state index contributed by atoms with van der Waals surface area (Å²) in [5.41, 5.74) is 1.83. The number of aromatic nitrogens is 2. The lowest BCUT2D eigenvalue weighted by Crippen LogP contribution is -2.25. The number of nitrogens with zero attached hydrogens (tertiary/aromatic N) is 1. The normalized spacial score (nSPS) is 10.7. The Labute approximate surface area is 128 Å². The molecule has 0 bridgehead atoms. The van der Waals surface area contributed by atoms with Crippen LogP contribution in [0.15, 0.2) is 57.8 Å². The van der Waals surface area contributed by atoms with Crippen molar-refractivity contribution in [2.75, 3.05) is 5.32 Å². The minimum atomic E-state index is -0.291. The number of aromatic amines is 1. The van der Waals surface area contributed by atoms with Gasteiger partial charge in [0.15, 0.2) is 0 Å². The second-order valence-electron chi connectivity index (χ2n) is 4.59. The van der Waals surface area contributed by atoms with Gasteiger partial charge in [0.2, 0.25) is 5.91 Å². The van der Waals surface area contributed by atoms with Crippen LogP contribution in [-0.4, -0.2) is 15.5 Å². The van der Waals surface area contributed by atoms with E-state index in [1.807, 2.05) is 24.3 Å². The Bertz CT molecular complexity index is 866.